The van der Waals surface area contributed by atoms with Crippen LogP contribution in [0.1, 0.15) is 19.4 Å². The Morgan fingerprint density at radius 2 is 1.76 bits per heavy atom. The molecule has 0 spiro atoms. The molecule has 2 N–H and O–H groups in total. The van der Waals surface area contributed by atoms with Gasteiger partial charge in [0, 0.05) is 50.8 Å². The summed E-state index contributed by atoms with van der Waals surface area (Å²) < 4.78 is 1.76. The first-order valence-electron chi connectivity index (χ1n) is 11.1. The molecule has 1 aliphatic rings. The van der Waals surface area contributed by atoms with Gasteiger partial charge in [0.05, 0.1) is 5.75 Å². The Morgan fingerprint density at radius 1 is 1.03 bits per heavy atom. The zero-order valence-electron chi connectivity index (χ0n) is 18.8. The van der Waals surface area contributed by atoms with Crippen molar-refractivity contribution in [3.63, 3.8) is 0 Å². The minimum absolute atomic E-state index is 0.0954. The minimum Gasteiger partial charge on any atom is -0.355 e. The van der Waals surface area contributed by atoms with Crippen molar-refractivity contribution in [3.8, 4) is 0 Å². The monoisotopic (exact) mass is 489 g/mol. The molecule has 4 rings (SSSR count). The molecule has 33 heavy (non-hydrogen) atoms. The molecular weight excluding hydrogens is 462 g/mol. The van der Waals surface area contributed by atoms with Gasteiger partial charge >= 0.3 is 0 Å². The SMILES string of the molecule is CCNc1nc(NCC)n2c(SCC(=O)N3CCN(Cc4ccc(Cl)cc4)CC3)nnc2n1. The largest absolute Gasteiger partial charge is 0.355 e. The molecular formula is C21H28ClN9OS. The van der Waals surface area contributed by atoms with Crippen LogP contribution in [0.3, 0.4) is 0 Å². The number of thioether (sulfide) groups is 1. The lowest BCUT2D eigenvalue weighted by Gasteiger charge is -2.34. The van der Waals surface area contributed by atoms with Gasteiger partial charge in [-0.25, -0.2) is 4.40 Å². The standard InChI is InChI=1S/C21H28ClN9OS/c1-3-23-18-25-19(24-4-2)31-20(26-18)27-28-21(31)33-14-17(32)30-11-9-29(10-12-30)13-15-5-7-16(22)8-6-15/h5-8H,3-4,9-14H2,1-2H3,(H2,23,24,25,26,27). The second-order valence-corrected chi connectivity index (χ2v) is 9.00. The maximum atomic E-state index is 12.8. The highest BCUT2D eigenvalue weighted by molar-refractivity contribution is 7.99. The molecule has 1 aromatic carbocycles. The summed E-state index contributed by atoms with van der Waals surface area (Å²) in [6, 6.07) is 7.92. The number of aromatic nitrogens is 5. The molecule has 12 heteroatoms. The van der Waals surface area contributed by atoms with Gasteiger partial charge in [-0.3, -0.25) is 9.69 Å². The second-order valence-electron chi connectivity index (χ2n) is 7.62. The number of benzene rings is 1. The van der Waals surface area contributed by atoms with Crippen LogP contribution in [0.2, 0.25) is 5.02 Å². The van der Waals surface area contributed by atoms with E-state index < -0.39 is 0 Å². The summed E-state index contributed by atoms with van der Waals surface area (Å²) in [5.74, 6) is 1.94. The lowest BCUT2D eigenvalue weighted by atomic mass is 10.2. The summed E-state index contributed by atoms with van der Waals surface area (Å²) >= 11 is 7.32. The third kappa shape index (κ3) is 5.84. The van der Waals surface area contributed by atoms with Crippen molar-refractivity contribution < 1.29 is 4.79 Å². The number of carbonyl (C=O) groups excluding carboxylic acids is 1. The van der Waals surface area contributed by atoms with Gasteiger partial charge in [-0.05, 0) is 31.5 Å². The zero-order chi connectivity index (χ0) is 23.2. The molecule has 0 saturated carbocycles. The smallest absolute Gasteiger partial charge is 0.261 e. The van der Waals surface area contributed by atoms with Crippen molar-refractivity contribution in [3.05, 3.63) is 34.9 Å². The normalized spacial score (nSPS) is 14.6. The fraction of sp³-hybridized carbons (Fsp3) is 0.476. The number of carbonyl (C=O) groups is 1. The molecule has 3 aromatic rings. The molecule has 0 bridgehead atoms. The van der Waals surface area contributed by atoms with Gasteiger partial charge in [0.2, 0.25) is 17.8 Å². The molecule has 1 aliphatic heterocycles. The molecule has 2 aromatic heterocycles. The Morgan fingerprint density at radius 3 is 2.45 bits per heavy atom. The van der Waals surface area contributed by atoms with Gasteiger partial charge in [0.25, 0.3) is 5.78 Å². The van der Waals surface area contributed by atoms with E-state index in [1.54, 1.807) is 4.40 Å². The Kier molecular flexibility index (Phi) is 7.84. The Labute approximate surface area is 202 Å². The third-order valence-electron chi connectivity index (χ3n) is 5.28. The molecule has 0 radical (unpaired) electrons. The van der Waals surface area contributed by atoms with E-state index in [-0.39, 0.29) is 5.91 Å². The Bertz CT molecular complexity index is 1080. The van der Waals surface area contributed by atoms with Gasteiger partial charge < -0.3 is 15.5 Å². The number of amides is 1. The summed E-state index contributed by atoms with van der Waals surface area (Å²) in [4.78, 5) is 26.0. The lowest BCUT2D eigenvalue weighted by Crippen LogP contribution is -2.48. The van der Waals surface area contributed by atoms with Gasteiger partial charge in [-0.15, -0.1) is 10.2 Å². The third-order valence-corrected chi connectivity index (χ3v) is 6.45. The van der Waals surface area contributed by atoms with E-state index >= 15 is 0 Å². The number of nitrogens with zero attached hydrogens (tertiary/aromatic N) is 7. The fourth-order valence-corrected chi connectivity index (χ4v) is 4.58. The number of halogens is 1. The highest BCUT2D eigenvalue weighted by Gasteiger charge is 2.22. The number of anilines is 2. The molecule has 1 saturated heterocycles. The summed E-state index contributed by atoms with van der Waals surface area (Å²) in [7, 11) is 0. The molecule has 10 nitrogen and oxygen atoms in total. The summed E-state index contributed by atoms with van der Waals surface area (Å²) in [5, 5.41) is 16.1. The van der Waals surface area contributed by atoms with Crippen LogP contribution < -0.4 is 10.6 Å². The maximum absolute atomic E-state index is 12.8. The summed E-state index contributed by atoms with van der Waals surface area (Å²) in [6.45, 7) is 9.36. The van der Waals surface area contributed by atoms with Crippen molar-refractivity contribution in [2.75, 3.05) is 55.7 Å². The summed E-state index contributed by atoms with van der Waals surface area (Å²) in [5.41, 5.74) is 1.23. The number of nitrogens with one attached hydrogen (secondary N) is 2. The topological polar surface area (TPSA) is 104 Å². The number of fused-ring (bicyclic) bond motifs is 1. The highest BCUT2D eigenvalue weighted by Crippen LogP contribution is 2.22. The van der Waals surface area contributed by atoms with E-state index in [2.05, 4.69) is 35.7 Å². The van der Waals surface area contributed by atoms with Crippen LogP contribution in [0.5, 0.6) is 0 Å². The van der Waals surface area contributed by atoms with Crippen LogP contribution >= 0.6 is 23.4 Å². The minimum atomic E-state index is 0.0954. The first-order valence-corrected chi connectivity index (χ1v) is 12.4. The molecule has 0 atom stereocenters. The quantitative estimate of drug-likeness (QED) is 0.438. The second kappa shape index (κ2) is 11.0. The van der Waals surface area contributed by atoms with Gasteiger partial charge in [-0.1, -0.05) is 35.5 Å². The van der Waals surface area contributed by atoms with Crippen molar-refractivity contribution in [2.24, 2.45) is 0 Å². The van der Waals surface area contributed by atoms with Crippen LogP contribution in [0.15, 0.2) is 29.4 Å². The molecule has 3 heterocycles. The molecule has 1 amide bonds. The van der Waals surface area contributed by atoms with Gasteiger partial charge in [0.1, 0.15) is 0 Å². The van der Waals surface area contributed by atoms with E-state index in [9.17, 15) is 4.79 Å². The maximum Gasteiger partial charge on any atom is 0.261 e. The molecule has 1 fully saturated rings. The summed E-state index contributed by atoms with van der Waals surface area (Å²) in [6.07, 6.45) is 0. The average Bonchev–Trinajstić information content (AvgIpc) is 3.23. The fourth-order valence-electron chi connectivity index (χ4n) is 3.62. The van der Waals surface area contributed by atoms with E-state index in [0.717, 1.165) is 24.7 Å². The van der Waals surface area contributed by atoms with E-state index in [1.807, 2.05) is 43.0 Å². The zero-order valence-corrected chi connectivity index (χ0v) is 20.4. The van der Waals surface area contributed by atoms with Gasteiger partial charge in [-0.2, -0.15) is 9.97 Å². The predicted octanol–water partition coefficient (Wildman–Crippen LogP) is 2.47. The first kappa shape index (κ1) is 23.5. The van der Waals surface area contributed by atoms with Gasteiger partial charge in [0.15, 0.2) is 5.16 Å². The molecule has 0 aliphatic carbocycles. The molecule has 0 unspecified atom stereocenters. The van der Waals surface area contributed by atoms with Crippen LogP contribution in [0.4, 0.5) is 11.9 Å². The van der Waals surface area contributed by atoms with Crippen LogP contribution in [0, 0.1) is 0 Å². The van der Waals surface area contributed by atoms with Crippen molar-refractivity contribution >= 4 is 46.9 Å². The van der Waals surface area contributed by atoms with Crippen LogP contribution in [-0.4, -0.2) is 85.3 Å². The lowest BCUT2D eigenvalue weighted by molar-refractivity contribution is -0.130. The van der Waals surface area contributed by atoms with Crippen molar-refractivity contribution in [1.82, 2.24) is 34.4 Å². The average molecular weight is 490 g/mol. The highest BCUT2D eigenvalue weighted by atomic mass is 35.5. The first-order chi connectivity index (χ1) is 16.1. The van der Waals surface area contributed by atoms with Crippen LogP contribution in [-0.2, 0) is 11.3 Å². The predicted molar refractivity (Wildman–Crippen MR) is 131 cm³/mol. The number of hydrogen-bond donors (Lipinski definition) is 2. The van der Waals surface area contributed by atoms with E-state index in [4.69, 9.17) is 11.6 Å². The van der Waals surface area contributed by atoms with E-state index in [0.29, 0.717) is 54.8 Å². The number of rotatable bonds is 9. The van der Waals surface area contributed by atoms with Crippen LogP contribution in [0.25, 0.3) is 5.78 Å². The molecule has 176 valence electrons. The Balaban J connectivity index is 1.34. The van der Waals surface area contributed by atoms with Crippen molar-refractivity contribution in [1.29, 1.82) is 0 Å². The van der Waals surface area contributed by atoms with Crippen molar-refractivity contribution in [2.45, 2.75) is 25.5 Å². The number of hydrogen-bond acceptors (Lipinski definition) is 9. The Hall–Kier alpha value is -2.63. The van der Waals surface area contributed by atoms with E-state index in [1.165, 1.54) is 17.3 Å². The number of piperazine rings is 1.